The molecule has 1 saturated carbocycles. The molecule has 1 aliphatic carbocycles. The van der Waals surface area contributed by atoms with Crippen molar-refractivity contribution in [1.82, 2.24) is 20.6 Å². The number of nitrogens with zero attached hydrogens (tertiary/aromatic N) is 2. The molecule has 0 bridgehead atoms. The lowest BCUT2D eigenvalue weighted by atomic mass is 10.0. The predicted molar refractivity (Wildman–Crippen MR) is 100 cm³/mol. The number of halogens is 2. The quantitative estimate of drug-likeness (QED) is 0.627. The van der Waals surface area contributed by atoms with Gasteiger partial charge in [-0.15, -0.1) is 0 Å². The number of pyridine rings is 1. The lowest BCUT2D eigenvalue weighted by Crippen LogP contribution is -2.40. The number of aliphatic carboxylic acids is 1. The van der Waals surface area contributed by atoms with Crippen LogP contribution in [0, 0.1) is 5.92 Å². The first kappa shape index (κ1) is 17.8. The van der Waals surface area contributed by atoms with Crippen LogP contribution in [0.4, 0.5) is 4.39 Å². The van der Waals surface area contributed by atoms with E-state index in [4.69, 9.17) is 16.7 Å². The van der Waals surface area contributed by atoms with Gasteiger partial charge in [0.05, 0.1) is 11.6 Å². The number of carboxylic acids is 1. The van der Waals surface area contributed by atoms with Crippen molar-refractivity contribution in [3.05, 3.63) is 40.7 Å². The molecule has 2 aliphatic rings. The first-order chi connectivity index (χ1) is 13.0. The van der Waals surface area contributed by atoms with E-state index in [1.54, 1.807) is 18.5 Å². The van der Waals surface area contributed by atoms with Crippen LogP contribution < -0.4 is 10.6 Å². The van der Waals surface area contributed by atoms with Gasteiger partial charge in [-0.05, 0) is 31.2 Å². The maximum atomic E-state index is 14.3. The zero-order chi connectivity index (χ0) is 19.0. The minimum atomic E-state index is -0.789. The summed E-state index contributed by atoms with van der Waals surface area (Å²) in [6.07, 6.45) is 5.83. The Hall–Kier alpha value is -2.61. The van der Waals surface area contributed by atoms with Gasteiger partial charge in [0, 0.05) is 35.8 Å². The van der Waals surface area contributed by atoms with Gasteiger partial charge in [-0.1, -0.05) is 11.6 Å². The second-order valence-corrected chi connectivity index (χ2v) is 7.38. The molecule has 0 saturated heterocycles. The van der Waals surface area contributed by atoms with Crippen LogP contribution in [0.25, 0.3) is 11.0 Å². The molecular formula is C18H19ClFN5O2. The Balaban J connectivity index is 1.48. The zero-order valence-corrected chi connectivity index (χ0v) is 15.2. The third kappa shape index (κ3) is 3.75. The van der Waals surface area contributed by atoms with E-state index in [-0.39, 0.29) is 30.8 Å². The Kier molecular flexibility index (Phi) is 4.73. The number of H-pyrrole nitrogens is 1. The van der Waals surface area contributed by atoms with Crippen molar-refractivity contribution in [3.63, 3.8) is 0 Å². The Bertz CT molecular complexity index is 954. The fraction of sp³-hybridized carbons (Fsp3) is 0.389. The molecule has 1 aliphatic heterocycles. The van der Waals surface area contributed by atoms with E-state index in [2.05, 4.69) is 25.6 Å². The first-order valence-corrected chi connectivity index (χ1v) is 9.19. The summed E-state index contributed by atoms with van der Waals surface area (Å²) >= 11 is 6.04. The number of carboxylic acid groups (broad SMARTS) is 1. The van der Waals surface area contributed by atoms with Crippen LogP contribution >= 0.6 is 11.6 Å². The van der Waals surface area contributed by atoms with Gasteiger partial charge in [-0.2, -0.15) is 0 Å². The summed E-state index contributed by atoms with van der Waals surface area (Å²) in [5.74, 6) is -0.193. The lowest BCUT2D eigenvalue weighted by Gasteiger charge is -2.23. The summed E-state index contributed by atoms with van der Waals surface area (Å²) in [6.45, 7) is -0.0589. The maximum absolute atomic E-state index is 14.3. The number of amidine groups is 1. The molecule has 0 radical (unpaired) electrons. The van der Waals surface area contributed by atoms with Crippen molar-refractivity contribution in [2.45, 2.75) is 31.7 Å². The average Bonchev–Trinajstić information content (AvgIpc) is 3.23. The Morgan fingerprint density at radius 2 is 2.30 bits per heavy atom. The highest BCUT2D eigenvalue weighted by molar-refractivity contribution is 6.31. The summed E-state index contributed by atoms with van der Waals surface area (Å²) in [4.78, 5) is 22.4. The monoisotopic (exact) mass is 391 g/mol. The number of rotatable bonds is 5. The molecule has 0 spiro atoms. The van der Waals surface area contributed by atoms with E-state index < -0.39 is 5.97 Å². The van der Waals surface area contributed by atoms with Crippen molar-refractivity contribution in [2.75, 3.05) is 6.54 Å². The molecule has 2 aromatic rings. The molecule has 9 heteroatoms. The van der Waals surface area contributed by atoms with Gasteiger partial charge in [-0.25, -0.2) is 9.37 Å². The molecule has 0 unspecified atom stereocenters. The van der Waals surface area contributed by atoms with Gasteiger partial charge in [0.15, 0.2) is 5.83 Å². The number of fused-ring (bicyclic) bond motifs is 1. The Morgan fingerprint density at radius 1 is 1.44 bits per heavy atom. The first-order valence-electron chi connectivity index (χ1n) is 8.81. The van der Waals surface area contributed by atoms with Crippen LogP contribution in [0.1, 0.15) is 31.2 Å². The molecule has 4 N–H and O–H groups in total. The van der Waals surface area contributed by atoms with Crippen molar-refractivity contribution in [1.29, 1.82) is 0 Å². The summed E-state index contributed by atoms with van der Waals surface area (Å²) in [5.41, 5.74) is 1.44. The highest BCUT2D eigenvalue weighted by Crippen LogP contribution is 2.29. The molecule has 0 aromatic carbocycles. The van der Waals surface area contributed by atoms with Gasteiger partial charge in [-0.3, -0.25) is 9.79 Å². The van der Waals surface area contributed by atoms with E-state index >= 15 is 0 Å². The minimum absolute atomic E-state index is 0.0426. The van der Waals surface area contributed by atoms with Crippen LogP contribution in [0.15, 0.2) is 35.1 Å². The second kappa shape index (κ2) is 7.19. The highest BCUT2D eigenvalue weighted by atomic mass is 35.5. The maximum Gasteiger partial charge on any atom is 0.303 e. The summed E-state index contributed by atoms with van der Waals surface area (Å²) in [7, 11) is 0. The van der Waals surface area contributed by atoms with Crippen LogP contribution in [-0.4, -0.2) is 39.5 Å². The van der Waals surface area contributed by atoms with Gasteiger partial charge in [0.25, 0.3) is 0 Å². The summed E-state index contributed by atoms with van der Waals surface area (Å²) in [5, 5.41) is 16.5. The number of hydrogen-bond acceptors (Lipinski definition) is 5. The minimum Gasteiger partial charge on any atom is -0.481 e. The van der Waals surface area contributed by atoms with Crippen LogP contribution in [0.5, 0.6) is 0 Å². The van der Waals surface area contributed by atoms with E-state index in [1.807, 2.05) is 0 Å². The van der Waals surface area contributed by atoms with Gasteiger partial charge in [0.1, 0.15) is 17.3 Å². The van der Waals surface area contributed by atoms with Gasteiger partial charge >= 0.3 is 5.97 Å². The average molecular weight is 392 g/mol. The van der Waals surface area contributed by atoms with Crippen molar-refractivity contribution < 1.29 is 14.3 Å². The predicted octanol–water partition coefficient (Wildman–Crippen LogP) is 2.94. The molecule has 1 fully saturated rings. The molecule has 27 heavy (non-hydrogen) atoms. The number of aliphatic imine (C=N–C) groups is 1. The highest BCUT2D eigenvalue weighted by Gasteiger charge is 2.28. The largest absolute Gasteiger partial charge is 0.481 e. The van der Waals surface area contributed by atoms with Crippen molar-refractivity contribution in [3.8, 4) is 0 Å². The summed E-state index contributed by atoms with van der Waals surface area (Å²) in [6, 6.07) is 1.83. The molecule has 4 rings (SSSR count). The smallest absolute Gasteiger partial charge is 0.303 e. The molecule has 2 aromatic heterocycles. The van der Waals surface area contributed by atoms with Gasteiger partial charge in [0.2, 0.25) is 0 Å². The van der Waals surface area contributed by atoms with Crippen LogP contribution in [0.3, 0.4) is 0 Å². The zero-order valence-electron chi connectivity index (χ0n) is 14.4. The van der Waals surface area contributed by atoms with E-state index in [1.165, 1.54) is 0 Å². The van der Waals surface area contributed by atoms with E-state index in [0.717, 1.165) is 23.8 Å². The van der Waals surface area contributed by atoms with Crippen molar-refractivity contribution >= 4 is 34.4 Å². The molecule has 0 amide bonds. The second-order valence-electron chi connectivity index (χ2n) is 6.94. The standard InChI is InChI=1S/C18H19ClFN5O2/c19-10-5-12-13(7-22-16(12)21-6-10)17-23-8-14(20)18(25-17)24-11-2-1-9(3-11)4-15(26)27/h5-7,9,11,24H,1-4,8H2,(H,21,22)(H,23,25)(H,26,27)/t9-,11-/m0/s1. The number of aromatic nitrogens is 2. The van der Waals surface area contributed by atoms with Crippen LogP contribution in [0.2, 0.25) is 5.02 Å². The Labute approximate surface area is 159 Å². The van der Waals surface area contributed by atoms with E-state index in [9.17, 15) is 9.18 Å². The number of hydrogen-bond donors (Lipinski definition) is 4. The third-order valence-electron chi connectivity index (χ3n) is 5.00. The van der Waals surface area contributed by atoms with Crippen molar-refractivity contribution in [2.24, 2.45) is 10.9 Å². The lowest BCUT2D eigenvalue weighted by molar-refractivity contribution is -0.138. The molecule has 3 heterocycles. The number of carbonyl (C=O) groups is 1. The molecule has 7 nitrogen and oxygen atoms in total. The SMILES string of the molecule is O=C(O)C[C@H]1CC[C@H](NC2=C(F)CN=C(c3c[nH]c4ncc(Cl)cc34)N2)C1. The molecular weight excluding hydrogens is 373 g/mol. The fourth-order valence-electron chi connectivity index (χ4n) is 3.74. The topological polar surface area (TPSA) is 102 Å². The molecule has 142 valence electrons. The Morgan fingerprint density at radius 3 is 3.11 bits per heavy atom. The van der Waals surface area contributed by atoms with E-state index in [0.29, 0.717) is 28.7 Å². The molecule has 2 atom stereocenters. The van der Waals surface area contributed by atoms with Crippen LogP contribution in [-0.2, 0) is 4.79 Å². The fourth-order valence-corrected chi connectivity index (χ4v) is 3.89. The van der Waals surface area contributed by atoms with Gasteiger partial charge < -0.3 is 20.7 Å². The number of aromatic amines is 1. The third-order valence-corrected chi connectivity index (χ3v) is 5.20. The number of nitrogens with one attached hydrogen (secondary N) is 3. The normalized spacial score (nSPS) is 22.7. The summed E-state index contributed by atoms with van der Waals surface area (Å²) < 4.78 is 14.3.